The Morgan fingerprint density at radius 2 is 2.36 bits per heavy atom. The molecule has 0 spiro atoms. The minimum atomic E-state index is -0.0400. The van der Waals surface area contributed by atoms with Crippen molar-refractivity contribution < 1.29 is 9.53 Å². The van der Waals surface area contributed by atoms with Gasteiger partial charge in [0, 0.05) is 25.3 Å². The molecule has 118 valence electrons. The molecule has 1 amide bonds. The van der Waals surface area contributed by atoms with E-state index in [0.717, 1.165) is 12.1 Å². The number of nitrogens with one attached hydrogen (secondary N) is 1. The highest BCUT2D eigenvalue weighted by atomic mass is 35.5. The highest BCUT2D eigenvalue weighted by molar-refractivity contribution is 7.99. The topological polar surface area (TPSA) is 69.0 Å². The van der Waals surface area contributed by atoms with Gasteiger partial charge in [0.05, 0.1) is 11.4 Å². The summed E-state index contributed by atoms with van der Waals surface area (Å²) in [6, 6.07) is 7.38. The van der Waals surface area contributed by atoms with E-state index < -0.39 is 0 Å². The minimum Gasteiger partial charge on any atom is -0.385 e. The molecule has 2 aromatic rings. The first kappa shape index (κ1) is 16.8. The minimum absolute atomic E-state index is 0.0400. The number of benzene rings is 1. The Bertz CT molecular complexity index is 620. The van der Waals surface area contributed by atoms with E-state index in [1.807, 2.05) is 18.2 Å². The number of hydrogen-bond donors (Lipinski definition) is 1. The summed E-state index contributed by atoms with van der Waals surface area (Å²) in [6.07, 6.45) is 2.40. The quantitative estimate of drug-likeness (QED) is 0.589. The van der Waals surface area contributed by atoms with Crippen molar-refractivity contribution in [2.24, 2.45) is 0 Å². The average molecular weight is 341 g/mol. The number of halogens is 1. The highest BCUT2D eigenvalue weighted by Crippen LogP contribution is 2.21. The number of methoxy groups -OCH3 is 1. The molecule has 0 aliphatic carbocycles. The summed E-state index contributed by atoms with van der Waals surface area (Å²) in [7, 11) is 1.64. The van der Waals surface area contributed by atoms with Crippen LogP contribution in [0.15, 0.2) is 35.7 Å². The zero-order valence-corrected chi connectivity index (χ0v) is 13.7. The molecule has 0 aliphatic rings. The van der Waals surface area contributed by atoms with E-state index in [-0.39, 0.29) is 11.7 Å². The van der Waals surface area contributed by atoms with Gasteiger partial charge < -0.3 is 10.1 Å². The molecule has 0 fully saturated rings. The lowest BCUT2D eigenvalue weighted by atomic mass is 10.3. The van der Waals surface area contributed by atoms with Gasteiger partial charge in [-0.15, -0.1) is 10.2 Å². The van der Waals surface area contributed by atoms with Crippen LogP contribution in [0.5, 0.6) is 0 Å². The lowest BCUT2D eigenvalue weighted by molar-refractivity contribution is -0.118. The van der Waals surface area contributed by atoms with Gasteiger partial charge >= 0.3 is 0 Å². The van der Waals surface area contributed by atoms with Crippen LogP contribution in [0.4, 0.5) is 0 Å². The van der Waals surface area contributed by atoms with Gasteiger partial charge in [0.15, 0.2) is 5.16 Å². The van der Waals surface area contributed by atoms with Gasteiger partial charge in [0.1, 0.15) is 6.33 Å². The zero-order valence-electron chi connectivity index (χ0n) is 12.2. The molecule has 1 aromatic heterocycles. The van der Waals surface area contributed by atoms with Crippen molar-refractivity contribution in [3.8, 4) is 5.69 Å². The van der Waals surface area contributed by atoms with Crippen molar-refractivity contribution in [2.45, 2.75) is 11.6 Å². The largest absolute Gasteiger partial charge is 0.385 e. The summed E-state index contributed by atoms with van der Waals surface area (Å²) in [5.41, 5.74) is 0.862. The lowest BCUT2D eigenvalue weighted by Crippen LogP contribution is -2.26. The normalized spacial score (nSPS) is 10.6. The van der Waals surface area contributed by atoms with E-state index in [1.165, 1.54) is 11.8 Å². The fraction of sp³-hybridized carbons (Fsp3) is 0.357. The van der Waals surface area contributed by atoms with Gasteiger partial charge in [-0.05, 0) is 24.6 Å². The summed E-state index contributed by atoms with van der Waals surface area (Å²) < 4.78 is 6.73. The number of thioether (sulfide) groups is 1. The maximum Gasteiger partial charge on any atom is 0.230 e. The van der Waals surface area contributed by atoms with Crippen molar-refractivity contribution in [1.82, 2.24) is 20.1 Å². The van der Waals surface area contributed by atoms with E-state index in [2.05, 4.69) is 15.5 Å². The van der Waals surface area contributed by atoms with Crippen LogP contribution in [0.1, 0.15) is 6.42 Å². The van der Waals surface area contributed by atoms with Crippen LogP contribution >= 0.6 is 23.4 Å². The second kappa shape index (κ2) is 8.77. The summed E-state index contributed by atoms with van der Waals surface area (Å²) in [4.78, 5) is 11.8. The SMILES string of the molecule is COCCCNC(=O)CSc1nncn1-c1cccc(Cl)c1. The molecule has 8 heteroatoms. The first-order chi connectivity index (χ1) is 10.7. The maximum atomic E-state index is 11.8. The van der Waals surface area contributed by atoms with Gasteiger partial charge in [-0.25, -0.2) is 0 Å². The maximum absolute atomic E-state index is 11.8. The predicted molar refractivity (Wildman–Crippen MR) is 86.6 cm³/mol. The molecule has 0 radical (unpaired) electrons. The second-order valence-corrected chi connectivity index (χ2v) is 5.83. The Labute approximate surface area is 138 Å². The second-order valence-electron chi connectivity index (χ2n) is 4.45. The Morgan fingerprint density at radius 3 is 3.14 bits per heavy atom. The zero-order chi connectivity index (χ0) is 15.8. The third kappa shape index (κ3) is 5.01. The summed E-state index contributed by atoms with van der Waals surface area (Å²) in [5.74, 6) is 0.244. The Morgan fingerprint density at radius 1 is 1.50 bits per heavy atom. The molecule has 1 heterocycles. The number of ether oxygens (including phenoxy) is 1. The molecule has 6 nitrogen and oxygen atoms in total. The van der Waals surface area contributed by atoms with E-state index >= 15 is 0 Å². The Balaban J connectivity index is 1.89. The third-order valence-corrected chi connectivity index (χ3v) is 3.96. The van der Waals surface area contributed by atoms with Crippen molar-refractivity contribution in [3.63, 3.8) is 0 Å². The number of rotatable bonds is 8. The summed E-state index contributed by atoms with van der Waals surface area (Å²) in [6.45, 7) is 1.24. The van der Waals surface area contributed by atoms with Crippen LogP contribution in [0, 0.1) is 0 Å². The molecule has 1 aromatic carbocycles. The third-order valence-electron chi connectivity index (χ3n) is 2.78. The van der Waals surface area contributed by atoms with Crippen LogP contribution in [0.25, 0.3) is 5.69 Å². The fourth-order valence-corrected chi connectivity index (χ4v) is 2.69. The highest BCUT2D eigenvalue weighted by Gasteiger charge is 2.10. The van der Waals surface area contributed by atoms with E-state index in [9.17, 15) is 4.79 Å². The van der Waals surface area contributed by atoms with Crippen LogP contribution in [0.3, 0.4) is 0 Å². The first-order valence-corrected chi connectivity index (χ1v) is 8.11. The van der Waals surface area contributed by atoms with Gasteiger partial charge in [0.2, 0.25) is 5.91 Å². The molecule has 1 N–H and O–H groups in total. The van der Waals surface area contributed by atoms with Gasteiger partial charge in [-0.1, -0.05) is 29.4 Å². The fourth-order valence-electron chi connectivity index (χ4n) is 1.75. The monoisotopic (exact) mass is 340 g/mol. The Hall–Kier alpha value is -1.57. The molecule has 0 bridgehead atoms. The van der Waals surface area contributed by atoms with Crippen LogP contribution in [-0.2, 0) is 9.53 Å². The molecule has 0 saturated carbocycles. The lowest BCUT2D eigenvalue weighted by Gasteiger charge is -2.07. The smallest absolute Gasteiger partial charge is 0.230 e. The number of nitrogens with zero attached hydrogens (tertiary/aromatic N) is 3. The van der Waals surface area contributed by atoms with Gasteiger partial charge in [0.25, 0.3) is 0 Å². The van der Waals surface area contributed by atoms with E-state index in [4.69, 9.17) is 16.3 Å². The molecule has 0 unspecified atom stereocenters. The number of carbonyl (C=O) groups excluding carboxylic acids is 1. The number of amides is 1. The van der Waals surface area contributed by atoms with E-state index in [1.54, 1.807) is 24.1 Å². The molecule has 0 aliphatic heterocycles. The number of carbonyl (C=O) groups is 1. The molecule has 0 saturated heterocycles. The van der Waals surface area contributed by atoms with Crippen LogP contribution in [-0.4, -0.2) is 46.7 Å². The van der Waals surface area contributed by atoms with Crippen LogP contribution < -0.4 is 5.32 Å². The standard InChI is InChI=1S/C14H17ClN4O2S/c1-21-7-3-6-16-13(20)9-22-14-18-17-10-19(14)12-5-2-4-11(15)8-12/h2,4-5,8,10H,3,6-7,9H2,1H3,(H,16,20). The predicted octanol–water partition coefficient (Wildman–Crippen LogP) is 2.17. The molecule has 0 atom stereocenters. The van der Waals surface area contributed by atoms with E-state index in [0.29, 0.717) is 23.3 Å². The average Bonchev–Trinajstić information content (AvgIpc) is 2.98. The van der Waals surface area contributed by atoms with Crippen molar-refractivity contribution >= 4 is 29.3 Å². The number of hydrogen-bond acceptors (Lipinski definition) is 5. The Kier molecular flexibility index (Phi) is 6.70. The van der Waals surface area contributed by atoms with Gasteiger partial charge in [-0.3, -0.25) is 9.36 Å². The molecule has 22 heavy (non-hydrogen) atoms. The number of aromatic nitrogens is 3. The van der Waals surface area contributed by atoms with Gasteiger partial charge in [-0.2, -0.15) is 0 Å². The van der Waals surface area contributed by atoms with Crippen molar-refractivity contribution in [3.05, 3.63) is 35.6 Å². The van der Waals surface area contributed by atoms with Crippen molar-refractivity contribution in [1.29, 1.82) is 0 Å². The first-order valence-electron chi connectivity index (χ1n) is 6.75. The summed E-state index contributed by atoms with van der Waals surface area (Å²) >= 11 is 7.32. The molecular weight excluding hydrogens is 324 g/mol. The summed E-state index contributed by atoms with van der Waals surface area (Å²) in [5, 5.41) is 12.0. The van der Waals surface area contributed by atoms with Crippen molar-refractivity contribution in [2.75, 3.05) is 26.0 Å². The molecule has 2 rings (SSSR count). The van der Waals surface area contributed by atoms with Crippen LogP contribution in [0.2, 0.25) is 5.02 Å². The molecular formula is C14H17ClN4O2S.